The molecular weight excluding hydrogens is 571 g/mol. The van der Waals surface area contributed by atoms with Crippen LogP contribution in [0.5, 0.6) is 0 Å². The Labute approximate surface area is 239 Å². The molecule has 2 aromatic heterocycles. The Bertz CT molecular complexity index is 2010. The minimum Gasteiger partial charge on any atom is -0.477 e. The van der Waals surface area contributed by atoms with Gasteiger partial charge in [-0.1, -0.05) is 23.4 Å². The molecule has 4 aromatic rings. The number of nitrogens with zero attached hydrogens (tertiary/aromatic N) is 5. The molecule has 0 saturated carbocycles. The van der Waals surface area contributed by atoms with E-state index in [0.717, 1.165) is 33.9 Å². The van der Waals surface area contributed by atoms with Gasteiger partial charge >= 0.3 is 5.97 Å². The summed E-state index contributed by atoms with van der Waals surface area (Å²) in [5.74, 6) is -6.59. The lowest BCUT2D eigenvalue weighted by Gasteiger charge is -2.21. The number of oxime groups is 1. The summed E-state index contributed by atoms with van der Waals surface area (Å²) in [7, 11) is 0. The minimum absolute atomic E-state index is 0.00198. The van der Waals surface area contributed by atoms with Crippen molar-refractivity contribution in [2.75, 3.05) is 18.0 Å². The van der Waals surface area contributed by atoms with E-state index in [1.54, 1.807) is 24.3 Å². The molecule has 0 spiro atoms. The Morgan fingerprint density at radius 2 is 1.79 bits per heavy atom. The van der Waals surface area contributed by atoms with Crippen molar-refractivity contribution in [1.29, 1.82) is 0 Å². The van der Waals surface area contributed by atoms with Crippen molar-refractivity contribution in [1.82, 2.24) is 14.5 Å². The lowest BCUT2D eigenvalue weighted by molar-refractivity contribution is -0.122. The predicted octanol–water partition coefficient (Wildman–Crippen LogP) is 2.87. The van der Waals surface area contributed by atoms with E-state index in [2.05, 4.69) is 10.1 Å². The quantitative estimate of drug-likeness (QED) is 0.359. The van der Waals surface area contributed by atoms with Crippen molar-refractivity contribution >= 4 is 40.3 Å². The van der Waals surface area contributed by atoms with E-state index in [1.165, 1.54) is 4.90 Å². The fraction of sp³-hybridized carbons (Fsp3) is 0.172. The van der Waals surface area contributed by atoms with E-state index in [1.807, 2.05) is 0 Å². The van der Waals surface area contributed by atoms with Crippen LogP contribution in [0.25, 0.3) is 16.7 Å². The molecule has 0 aliphatic carbocycles. The molecule has 0 bridgehead atoms. The molecule has 11 nitrogen and oxygen atoms in total. The summed E-state index contributed by atoms with van der Waals surface area (Å²) in [5, 5.41) is 13.0. The van der Waals surface area contributed by atoms with Gasteiger partial charge in [-0.25, -0.2) is 22.9 Å². The zero-order chi connectivity index (χ0) is 30.2. The monoisotopic (exact) mass is 589 g/mol. The Hall–Kier alpha value is -5.53. The number of rotatable bonds is 4. The van der Waals surface area contributed by atoms with E-state index in [9.17, 15) is 33.1 Å². The van der Waals surface area contributed by atoms with Gasteiger partial charge in [-0.15, -0.1) is 0 Å². The summed E-state index contributed by atoms with van der Waals surface area (Å²) in [4.78, 5) is 63.2. The number of hydrogen-bond donors (Lipinski definition) is 1. The number of amides is 2. The van der Waals surface area contributed by atoms with E-state index in [4.69, 9.17) is 4.84 Å². The standard InChI is InChI=1S/C29H18F3N5O6/c30-14-5-6-21(19(31)7-14)36-11-18(29(41)42)24(38)16-8-20(32)26(33-25(16)36)35-10-17-22(12-35)43-34-23(17)28(40)37-9-13-3-1-2-4-15(13)27(37)39/h1-8,11,17,22H,9-10,12H2,(H,41,42). The lowest BCUT2D eigenvalue weighted by Crippen LogP contribution is -2.40. The van der Waals surface area contributed by atoms with Gasteiger partial charge in [-0.2, -0.15) is 0 Å². The van der Waals surface area contributed by atoms with Gasteiger partial charge < -0.3 is 14.8 Å². The number of halogens is 3. The van der Waals surface area contributed by atoms with Crippen LogP contribution in [0.4, 0.5) is 19.0 Å². The van der Waals surface area contributed by atoms with Gasteiger partial charge in [0.25, 0.3) is 11.8 Å². The van der Waals surface area contributed by atoms with Crippen LogP contribution in [0.1, 0.15) is 26.3 Å². The first kappa shape index (κ1) is 26.4. The second-order valence-corrected chi connectivity index (χ2v) is 10.3. The summed E-state index contributed by atoms with van der Waals surface area (Å²) in [6.45, 7) is 0.101. The number of carbonyl (C=O) groups excluding carboxylic acids is 2. The van der Waals surface area contributed by atoms with Crippen molar-refractivity contribution in [3.05, 3.63) is 99.1 Å². The molecule has 2 atom stereocenters. The van der Waals surface area contributed by atoms with Crippen molar-refractivity contribution in [2.24, 2.45) is 11.1 Å². The summed E-state index contributed by atoms with van der Waals surface area (Å²) in [5.41, 5.74) is -1.31. The van der Waals surface area contributed by atoms with Gasteiger partial charge in [0.1, 0.15) is 17.2 Å². The summed E-state index contributed by atoms with van der Waals surface area (Å²) < 4.78 is 44.9. The molecule has 5 heterocycles. The van der Waals surface area contributed by atoms with Gasteiger partial charge in [-0.05, 0) is 29.8 Å². The molecule has 7 rings (SSSR count). The Kier molecular flexibility index (Phi) is 5.83. The normalized spacial score (nSPS) is 19.0. The number of fused-ring (bicyclic) bond motifs is 3. The fourth-order valence-electron chi connectivity index (χ4n) is 5.71. The van der Waals surface area contributed by atoms with Crippen LogP contribution in [0.15, 0.2) is 64.7 Å². The van der Waals surface area contributed by atoms with Crippen LogP contribution in [0, 0.1) is 23.4 Å². The highest BCUT2D eigenvalue weighted by Crippen LogP contribution is 2.34. The molecule has 43 heavy (non-hydrogen) atoms. The number of carboxylic acid groups (broad SMARTS) is 1. The average Bonchev–Trinajstić information content (AvgIpc) is 3.66. The molecule has 2 unspecified atom stereocenters. The predicted molar refractivity (Wildman–Crippen MR) is 144 cm³/mol. The van der Waals surface area contributed by atoms with Crippen molar-refractivity contribution in [3.63, 3.8) is 0 Å². The maximum Gasteiger partial charge on any atom is 0.341 e. The topological polar surface area (TPSA) is 134 Å². The van der Waals surface area contributed by atoms with Crippen molar-refractivity contribution in [3.8, 4) is 5.69 Å². The molecule has 2 aromatic carbocycles. The Balaban J connectivity index is 1.25. The first-order valence-electron chi connectivity index (χ1n) is 13.0. The number of anilines is 1. The largest absolute Gasteiger partial charge is 0.477 e. The van der Waals surface area contributed by atoms with E-state index >= 15 is 4.39 Å². The number of benzene rings is 2. The Morgan fingerprint density at radius 1 is 1.00 bits per heavy atom. The summed E-state index contributed by atoms with van der Waals surface area (Å²) in [6, 6.07) is 10.2. The van der Waals surface area contributed by atoms with Crippen LogP contribution in [0.2, 0.25) is 0 Å². The van der Waals surface area contributed by atoms with Crippen molar-refractivity contribution < 1.29 is 37.5 Å². The first-order valence-corrected chi connectivity index (χ1v) is 13.0. The number of carboxylic acids is 1. The Morgan fingerprint density at radius 3 is 2.53 bits per heavy atom. The van der Waals surface area contributed by atoms with Crippen molar-refractivity contribution in [2.45, 2.75) is 12.6 Å². The third-order valence-electron chi connectivity index (χ3n) is 7.80. The number of aromatic nitrogens is 2. The summed E-state index contributed by atoms with van der Waals surface area (Å²) >= 11 is 0. The summed E-state index contributed by atoms with van der Waals surface area (Å²) in [6.07, 6.45) is 0.163. The van der Waals surface area contributed by atoms with Gasteiger partial charge in [0.2, 0.25) is 5.43 Å². The molecular formula is C29H18F3N5O6. The zero-order valence-electron chi connectivity index (χ0n) is 21.8. The van der Waals surface area contributed by atoms with Crippen LogP contribution >= 0.6 is 0 Å². The SMILES string of the molecule is O=C(O)c1cn(-c2ccc(F)cc2F)c2nc(N3CC4ON=C(C(=O)N5Cc6ccccc6C5=O)C4C3)c(F)cc2c1=O. The number of imide groups is 1. The maximum absolute atomic E-state index is 15.5. The van der Waals surface area contributed by atoms with Crippen LogP contribution in [-0.2, 0) is 16.2 Å². The van der Waals surface area contributed by atoms with Gasteiger partial charge in [-0.3, -0.25) is 23.9 Å². The molecule has 0 radical (unpaired) electrons. The lowest BCUT2D eigenvalue weighted by atomic mass is 10.00. The van der Waals surface area contributed by atoms with E-state index in [-0.39, 0.29) is 42.5 Å². The third kappa shape index (κ3) is 4.05. The molecule has 1 N–H and O–H groups in total. The molecule has 216 valence electrons. The number of pyridine rings is 2. The maximum atomic E-state index is 15.5. The zero-order valence-corrected chi connectivity index (χ0v) is 21.8. The van der Waals surface area contributed by atoms with Gasteiger partial charge in [0.15, 0.2) is 29.1 Å². The molecule has 14 heteroatoms. The molecule has 2 amide bonds. The molecule has 1 fully saturated rings. The van der Waals surface area contributed by atoms with Crippen LogP contribution in [0.3, 0.4) is 0 Å². The van der Waals surface area contributed by atoms with Crippen LogP contribution < -0.4 is 10.3 Å². The van der Waals surface area contributed by atoms with Gasteiger partial charge in [0.05, 0.1) is 30.1 Å². The van der Waals surface area contributed by atoms with E-state index in [0.29, 0.717) is 17.2 Å². The number of hydrogen-bond acceptors (Lipinski definition) is 8. The molecule has 1 saturated heterocycles. The highest BCUT2D eigenvalue weighted by Gasteiger charge is 2.48. The highest BCUT2D eigenvalue weighted by atomic mass is 19.1. The second kappa shape index (κ2) is 9.51. The molecule has 3 aliphatic heterocycles. The number of carbonyl (C=O) groups is 3. The smallest absolute Gasteiger partial charge is 0.341 e. The third-order valence-corrected chi connectivity index (χ3v) is 7.80. The van der Waals surface area contributed by atoms with E-state index < -0.39 is 63.6 Å². The first-order chi connectivity index (χ1) is 20.6. The highest BCUT2D eigenvalue weighted by molar-refractivity contribution is 6.43. The average molecular weight is 589 g/mol. The minimum atomic E-state index is -1.63. The fourth-order valence-corrected chi connectivity index (χ4v) is 5.71. The number of aromatic carboxylic acids is 1. The van der Waals surface area contributed by atoms with Crippen LogP contribution in [-0.4, -0.2) is 62.2 Å². The van der Waals surface area contributed by atoms with Gasteiger partial charge in [0, 0.05) is 24.4 Å². The molecule has 3 aliphatic rings. The second-order valence-electron chi connectivity index (χ2n) is 10.3.